The van der Waals surface area contributed by atoms with Crippen LogP contribution in [0.15, 0.2) is 60.7 Å². The molecule has 0 spiro atoms. The van der Waals surface area contributed by atoms with Gasteiger partial charge in [0.2, 0.25) is 5.91 Å². The second kappa shape index (κ2) is 9.22. The van der Waals surface area contributed by atoms with Gasteiger partial charge < -0.3 is 10.2 Å². The minimum atomic E-state index is -0.306. The predicted octanol–water partition coefficient (Wildman–Crippen LogP) is 4.47. The maximum atomic E-state index is 13.8. The number of hydrogen-bond acceptors (Lipinski definition) is 4. The van der Waals surface area contributed by atoms with E-state index >= 15 is 0 Å². The minimum absolute atomic E-state index is 0.0614. The zero-order valence-corrected chi connectivity index (χ0v) is 17.1. The third-order valence-electron chi connectivity index (χ3n) is 5.32. The predicted molar refractivity (Wildman–Crippen MR) is 116 cm³/mol. The van der Waals surface area contributed by atoms with E-state index in [0.717, 1.165) is 36.5 Å². The topological polar surface area (TPSA) is 58.1 Å². The van der Waals surface area contributed by atoms with E-state index in [1.807, 2.05) is 36.4 Å². The van der Waals surface area contributed by atoms with Gasteiger partial charge in [-0.1, -0.05) is 41.9 Å². The SMILES string of the molecule is O=C(NCc1ccccc1F)C1CCCN(c2ccc(-c3ccc(Cl)cc3)nn2)C1. The molecular weight excluding hydrogens is 403 g/mol. The van der Waals surface area contributed by atoms with Crippen molar-refractivity contribution in [1.29, 1.82) is 0 Å². The van der Waals surface area contributed by atoms with Gasteiger partial charge in [0.1, 0.15) is 5.82 Å². The van der Waals surface area contributed by atoms with Crippen molar-refractivity contribution in [3.63, 3.8) is 0 Å². The van der Waals surface area contributed by atoms with Crippen LogP contribution in [0.5, 0.6) is 0 Å². The van der Waals surface area contributed by atoms with Crippen molar-refractivity contribution in [2.45, 2.75) is 19.4 Å². The van der Waals surface area contributed by atoms with Gasteiger partial charge in [0.25, 0.3) is 0 Å². The lowest BCUT2D eigenvalue weighted by molar-refractivity contribution is -0.125. The number of amides is 1. The molecule has 0 saturated carbocycles. The highest BCUT2D eigenvalue weighted by atomic mass is 35.5. The summed E-state index contributed by atoms with van der Waals surface area (Å²) < 4.78 is 13.8. The third-order valence-corrected chi connectivity index (χ3v) is 5.57. The van der Waals surface area contributed by atoms with Crippen LogP contribution in [0.1, 0.15) is 18.4 Å². The number of rotatable bonds is 5. The summed E-state index contributed by atoms with van der Waals surface area (Å²) in [4.78, 5) is 14.7. The Labute approximate surface area is 179 Å². The number of benzene rings is 2. The van der Waals surface area contributed by atoms with E-state index in [9.17, 15) is 9.18 Å². The number of nitrogens with one attached hydrogen (secondary N) is 1. The smallest absolute Gasteiger partial charge is 0.225 e. The molecule has 0 radical (unpaired) electrons. The highest BCUT2D eigenvalue weighted by Crippen LogP contribution is 2.24. The Morgan fingerprint density at radius 3 is 2.63 bits per heavy atom. The van der Waals surface area contributed by atoms with Crippen LogP contribution in [-0.4, -0.2) is 29.2 Å². The average Bonchev–Trinajstić information content (AvgIpc) is 2.79. The zero-order chi connectivity index (χ0) is 20.9. The van der Waals surface area contributed by atoms with E-state index in [4.69, 9.17) is 11.6 Å². The standard InChI is InChI=1S/C23H22ClFN4O/c24-19-9-7-16(8-10-19)21-11-12-22(28-27-21)29-13-3-5-18(15-29)23(30)26-14-17-4-1-2-6-20(17)25/h1-2,4,6-12,18H,3,5,13-15H2,(H,26,30). The second-order valence-electron chi connectivity index (χ2n) is 7.38. The Kier molecular flexibility index (Phi) is 6.23. The molecule has 2 heterocycles. The Morgan fingerprint density at radius 2 is 1.90 bits per heavy atom. The van der Waals surface area contributed by atoms with Gasteiger partial charge in [-0.3, -0.25) is 4.79 Å². The molecule has 1 aliphatic heterocycles. The molecule has 1 unspecified atom stereocenters. The summed E-state index contributed by atoms with van der Waals surface area (Å²) in [5, 5.41) is 12.2. The Morgan fingerprint density at radius 1 is 1.10 bits per heavy atom. The molecule has 0 aliphatic carbocycles. The molecule has 5 nitrogen and oxygen atoms in total. The fourth-order valence-electron chi connectivity index (χ4n) is 3.64. The van der Waals surface area contributed by atoms with E-state index in [2.05, 4.69) is 20.4 Å². The van der Waals surface area contributed by atoms with E-state index in [1.165, 1.54) is 6.07 Å². The van der Waals surface area contributed by atoms with E-state index in [1.54, 1.807) is 18.2 Å². The van der Waals surface area contributed by atoms with Gasteiger partial charge in [0.05, 0.1) is 11.6 Å². The van der Waals surface area contributed by atoms with E-state index in [0.29, 0.717) is 17.1 Å². The molecule has 1 aliphatic rings. The zero-order valence-electron chi connectivity index (χ0n) is 16.4. The highest BCUT2D eigenvalue weighted by Gasteiger charge is 2.26. The number of aromatic nitrogens is 2. The van der Waals surface area contributed by atoms with Gasteiger partial charge in [-0.2, -0.15) is 0 Å². The third kappa shape index (κ3) is 4.76. The van der Waals surface area contributed by atoms with Crippen LogP contribution in [0.2, 0.25) is 5.02 Å². The maximum absolute atomic E-state index is 13.8. The molecule has 2 aromatic carbocycles. The molecule has 1 fully saturated rings. The maximum Gasteiger partial charge on any atom is 0.225 e. The quantitative estimate of drug-likeness (QED) is 0.656. The largest absolute Gasteiger partial charge is 0.354 e. The normalized spacial score (nSPS) is 16.3. The highest BCUT2D eigenvalue weighted by molar-refractivity contribution is 6.30. The van der Waals surface area contributed by atoms with Crippen molar-refractivity contribution in [1.82, 2.24) is 15.5 Å². The lowest BCUT2D eigenvalue weighted by Crippen LogP contribution is -2.43. The van der Waals surface area contributed by atoms with Crippen LogP contribution >= 0.6 is 11.6 Å². The van der Waals surface area contributed by atoms with Crippen molar-refractivity contribution in [2.75, 3.05) is 18.0 Å². The van der Waals surface area contributed by atoms with Gasteiger partial charge in [-0.15, -0.1) is 10.2 Å². The van der Waals surface area contributed by atoms with Gasteiger partial charge in [0, 0.05) is 35.8 Å². The molecule has 1 aromatic heterocycles. The average molecular weight is 425 g/mol. The molecule has 154 valence electrons. The number of carbonyl (C=O) groups is 1. The van der Waals surface area contributed by atoms with Crippen LogP contribution < -0.4 is 10.2 Å². The molecular formula is C23H22ClFN4O. The summed E-state index contributed by atoms with van der Waals surface area (Å²) in [5.41, 5.74) is 2.20. The van der Waals surface area contributed by atoms with E-state index < -0.39 is 0 Å². The molecule has 1 saturated heterocycles. The Bertz CT molecular complexity index is 1010. The first kappa shape index (κ1) is 20.3. The number of carbonyl (C=O) groups excluding carboxylic acids is 1. The molecule has 1 N–H and O–H groups in total. The molecule has 4 rings (SSSR count). The molecule has 3 aromatic rings. The molecule has 30 heavy (non-hydrogen) atoms. The number of nitrogens with zero attached hydrogens (tertiary/aromatic N) is 3. The van der Waals surface area contributed by atoms with Crippen LogP contribution in [-0.2, 0) is 11.3 Å². The first-order chi connectivity index (χ1) is 14.6. The van der Waals surface area contributed by atoms with Crippen molar-refractivity contribution in [2.24, 2.45) is 5.92 Å². The fraction of sp³-hybridized carbons (Fsp3) is 0.261. The second-order valence-corrected chi connectivity index (χ2v) is 7.81. The summed E-state index contributed by atoms with van der Waals surface area (Å²) in [6.07, 6.45) is 1.69. The van der Waals surface area contributed by atoms with Gasteiger partial charge >= 0.3 is 0 Å². The Hall–Kier alpha value is -2.99. The van der Waals surface area contributed by atoms with Gasteiger partial charge in [-0.05, 0) is 43.2 Å². The summed E-state index contributed by atoms with van der Waals surface area (Å²) >= 11 is 5.94. The Balaban J connectivity index is 1.38. The van der Waals surface area contributed by atoms with Crippen molar-refractivity contribution in [3.8, 4) is 11.3 Å². The summed E-state index contributed by atoms with van der Waals surface area (Å²) in [6, 6.07) is 17.8. The first-order valence-electron chi connectivity index (χ1n) is 9.96. The number of anilines is 1. The van der Waals surface area contributed by atoms with Crippen molar-refractivity contribution >= 4 is 23.3 Å². The number of halogens is 2. The summed E-state index contributed by atoms with van der Waals surface area (Å²) in [7, 11) is 0. The van der Waals surface area contributed by atoms with Crippen LogP contribution in [0.3, 0.4) is 0 Å². The molecule has 1 amide bonds. The van der Waals surface area contributed by atoms with Gasteiger partial charge in [0.15, 0.2) is 5.82 Å². The monoisotopic (exact) mass is 424 g/mol. The minimum Gasteiger partial charge on any atom is -0.354 e. The van der Waals surface area contributed by atoms with Crippen molar-refractivity contribution in [3.05, 3.63) is 77.1 Å². The fourth-order valence-corrected chi connectivity index (χ4v) is 3.76. The first-order valence-corrected chi connectivity index (χ1v) is 10.3. The lowest BCUT2D eigenvalue weighted by Gasteiger charge is -2.32. The van der Waals surface area contributed by atoms with E-state index in [-0.39, 0.29) is 24.2 Å². The summed E-state index contributed by atoms with van der Waals surface area (Å²) in [5.74, 6) is 0.218. The van der Waals surface area contributed by atoms with Crippen LogP contribution in [0.25, 0.3) is 11.3 Å². The molecule has 0 bridgehead atoms. The lowest BCUT2D eigenvalue weighted by atomic mass is 9.97. The number of hydrogen-bond donors (Lipinski definition) is 1. The van der Waals surface area contributed by atoms with Crippen LogP contribution in [0, 0.1) is 11.7 Å². The molecule has 7 heteroatoms. The van der Waals surface area contributed by atoms with Gasteiger partial charge in [-0.25, -0.2) is 4.39 Å². The summed E-state index contributed by atoms with van der Waals surface area (Å²) in [6.45, 7) is 1.59. The van der Waals surface area contributed by atoms with Crippen molar-refractivity contribution < 1.29 is 9.18 Å². The van der Waals surface area contributed by atoms with Crippen LogP contribution in [0.4, 0.5) is 10.2 Å². The number of piperidine rings is 1. The molecule has 1 atom stereocenters.